The standard InChI is InChI=1S/C11H25NOSi/c1-14(2,3)13-10-9-12-11-7-5-4-6-8-11/h11-12H,4-10H2,1-3H3. The van der Waals surface area contributed by atoms with Crippen LogP contribution in [0.5, 0.6) is 0 Å². The fourth-order valence-electron chi connectivity index (χ4n) is 1.93. The highest BCUT2D eigenvalue weighted by atomic mass is 28.4. The third-order valence-corrected chi connectivity index (χ3v) is 3.75. The topological polar surface area (TPSA) is 21.3 Å². The van der Waals surface area contributed by atoms with E-state index in [1.54, 1.807) is 0 Å². The van der Waals surface area contributed by atoms with Gasteiger partial charge in [0.15, 0.2) is 8.32 Å². The summed E-state index contributed by atoms with van der Waals surface area (Å²) < 4.78 is 5.80. The number of hydrogen-bond donors (Lipinski definition) is 1. The molecule has 0 atom stereocenters. The van der Waals surface area contributed by atoms with Gasteiger partial charge in [0.1, 0.15) is 0 Å². The van der Waals surface area contributed by atoms with E-state index in [1.165, 1.54) is 32.1 Å². The summed E-state index contributed by atoms with van der Waals surface area (Å²) in [6.45, 7) is 8.66. The first-order valence-corrected chi connectivity index (χ1v) is 9.36. The zero-order chi connectivity index (χ0) is 10.4. The second kappa shape index (κ2) is 5.88. The SMILES string of the molecule is C[Si](C)(C)OCCNC1CCCCC1. The Bertz CT molecular complexity index is 150. The van der Waals surface area contributed by atoms with Crippen LogP contribution in [0.4, 0.5) is 0 Å². The number of rotatable bonds is 5. The molecule has 0 radical (unpaired) electrons. The van der Waals surface area contributed by atoms with E-state index in [2.05, 4.69) is 25.0 Å². The van der Waals surface area contributed by atoms with Gasteiger partial charge in [-0.25, -0.2) is 0 Å². The molecule has 0 aliphatic heterocycles. The maximum atomic E-state index is 5.80. The second-order valence-electron chi connectivity index (χ2n) is 5.25. The normalized spacial score (nSPS) is 19.9. The quantitative estimate of drug-likeness (QED) is 0.562. The van der Waals surface area contributed by atoms with Crippen LogP contribution in [0.15, 0.2) is 0 Å². The molecule has 0 amide bonds. The minimum absolute atomic E-state index is 0.772. The van der Waals surface area contributed by atoms with E-state index >= 15 is 0 Å². The molecule has 1 aliphatic carbocycles. The van der Waals surface area contributed by atoms with Crippen molar-refractivity contribution in [2.45, 2.75) is 57.8 Å². The zero-order valence-electron chi connectivity index (χ0n) is 9.94. The van der Waals surface area contributed by atoms with Crippen LogP contribution >= 0.6 is 0 Å². The van der Waals surface area contributed by atoms with Crippen molar-refractivity contribution < 1.29 is 4.43 Å². The van der Waals surface area contributed by atoms with Gasteiger partial charge in [0.05, 0.1) is 0 Å². The smallest absolute Gasteiger partial charge is 0.183 e. The van der Waals surface area contributed by atoms with Crippen LogP contribution in [0.1, 0.15) is 32.1 Å². The molecule has 1 aliphatic rings. The van der Waals surface area contributed by atoms with E-state index in [-0.39, 0.29) is 0 Å². The lowest BCUT2D eigenvalue weighted by Crippen LogP contribution is -2.36. The molecular weight excluding hydrogens is 190 g/mol. The highest BCUT2D eigenvalue weighted by Crippen LogP contribution is 2.17. The van der Waals surface area contributed by atoms with E-state index in [0.29, 0.717) is 0 Å². The Hall–Kier alpha value is 0.137. The van der Waals surface area contributed by atoms with E-state index in [4.69, 9.17) is 4.43 Å². The molecule has 1 fully saturated rings. The van der Waals surface area contributed by atoms with Crippen molar-refractivity contribution in [3.05, 3.63) is 0 Å². The Labute approximate surface area is 89.6 Å². The number of hydrogen-bond acceptors (Lipinski definition) is 2. The van der Waals surface area contributed by atoms with Gasteiger partial charge in [-0.05, 0) is 32.5 Å². The monoisotopic (exact) mass is 215 g/mol. The van der Waals surface area contributed by atoms with Crippen molar-refractivity contribution in [2.75, 3.05) is 13.2 Å². The van der Waals surface area contributed by atoms with Crippen molar-refractivity contribution in [3.63, 3.8) is 0 Å². The first kappa shape index (κ1) is 12.2. The van der Waals surface area contributed by atoms with Gasteiger partial charge in [-0.2, -0.15) is 0 Å². The molecule has 0 unspecified atom stereocenters. The van der Waals surface area contributed by atoms with Crippen molar-refractivity contribution in [2.24, 2.45) is 0 Å². The maximum Gasteiger partial charge on any atom is 0.183 e. The van der Waals surface area contributed by atoms with E-state index in [0.717, 1.165) is 19.2 Å². The molecule has 0 spiro atoms. The predicted octanol–water partition coefficient (Wildman–Crippen LogP) is 2.76. The van der Waals surface area contributed by atoms with Crippen LogP contribution in [-0.2, 0) is 4.43 Å². The Balaban J connectivity index is 1.97. The second-order valence-corrected chi connectivity index (χ2v) is 9.76. The van der Waals surface area contributed by atoms with Crippen LogP contribution in [0.2, 0.25) is 19.6 Å². The Morgan fingerprint density at radius 3 is 2.36 bits per heavy atom. The van der Waals surface area contributed by atoms with Gasteiger partial charge in [-0.1, -0.05) is 19.3 Å². The Kier molecular flexibility index (Phi) is 5.13. The molecule has 0 aromatic heterocycles. The minimum Gasteiger partial charge on any atom is -0.416 e. The summed E-state index contributed by atoms with van der Waals surface area (Å²) in [7, 11) is -1.28. The molecule has 84 valence electrons. The lowest BCUT2D eigenvalue weighted by Gasteiger charge is -2.24. The summed E-state index contributed by atoms with van der Waals surface area (Å²) in [5.74, 6) is 0. The summed E-state index contributed by atoms with van der Waals surface area (Å²) in [5.41, 5.74) is 0. The first-order chi connectivity index (χ1) is 6.58. The van der Waals surface area contributed by atoms with Crippen molar-refractivity contribution in [1.82, 2.24) is 5.32 Å². The highest BCUT2D eigenvalue weighted by molar-refractivity contribution is 6.69. The summed E-state index contributed by atoms with van der Waals surface area (Å²) in [5, 5.41) is 3.59. The average molecular weight is 215 g/mol. The van der Waals surface area contributed by atoms with E-state index in [9.17, 15) is 0 Å². The predicted molar refractivity (Wildman–Crippen MR) is 64.2 cm³/mol. The molecule has 0 saturated heterocycles. The molecule has 3 heteroatoms. The fourth-order valence-corrected chi connectivity index (χ4v) is 2.64. The Morgan fingerprint density at radius 1 is 1.14 bits per heavy atom. The number of nitrogens with one attached hydrogen (secondary N) is 1. The first-order valence-electron chi connectivity index (χ1n) is 5.95. The lowest BCUT2D eigenvalue weighted by atomic mass is 9.96. The molecule has 0 aromatic rings. The van der Waals surface area contributed by atoms with Crippen LogP contribution in [0, 0.1) is 0 Å². The largest absolute Gasteiger partial charge is 0.416 e. The maximum absolute atomic E-state index is 5.80. The van der Waals surface area contributed by atoms with Gasteiger partial charge < -0.3 is 9.74 Å². The lowest BCUT2D eigenvalue weighted by molar-refractivity contribution is 0.284. The van der Waals surface area contributed by atoms with Crippen LogP contribution < -0.4 is 5.32 Å². The fraction of sp³-hybridized carbons (Fsp3) is 1.00. The van der Waals surface area contributed by atoms with Crippen molar-refractivity contribution in [3.8, 4) is 0 Å². The third kappa shape index (κ3) is 5.78. The highest BCUT2D eigenvalue weighted by Gasteiger charge is 2.15. The summed E-state index contributed by atoms with van der Waals surface area (Å²) in [6, 6.07) is 0.772. The Morgan fingerprint density at radius 2 is 1.79 bits per heavy atom. The molecular formula is C11H25NOSi. The van der Waals surface area contributed by atoms with Gasteiger partial charge in [0.2, 0.25) is 0 Å². The van der Waals surface area contributed by atoms with E-state index < -0.39 is 8.32 Å². The molecule has 1 N–H and O–H groups in total. The van der Waals surface area contributed by atoms with Crippen molar-refractivity contribution in [1.29, 1.82) is 0 Å². The molecule has 0 heterocycles. The van der Waals surface area contributed by atoms with Gasteiger partial charge in [-0.15, -0.1) is 0 Å². The summed E-state index contributed by atoms with van der Waals surface area (Å²) >= 11 is 0. The van der Waals surface area contributed by atoms with Gasteiger partial charge in [0.25, 0.3) is 0 Å². The average Bonchev–Trinajstić information content (AvgIpc) is 2.13. The summed E-state index contributed by atoms with van der Waals surface area (Å²) in [4.78, 5) is 0. The van der Waals surface area contributed by atoms with Crippen LogP contribution in [-0.4, -0.2) is 27.5 Å². The van der Waals surface area contributed by atoms with Crippen LogP contribution in [0.3, 0.4) is 0 Å². The molecule has 1 saturated carbocycles. The molecule has 0 aromatic carbocycles. The van der Waals surface area contributed by atoms with Gasteiger partial charge in [-0.3, -0.25) is 0 Å². The van der Waals surface area contributed by atoms with E-state index in [1.807, 2.05) is 0 Å². The van der Waals surface area contributed by atoms with Crippen molar-refractivity contribution >= 4 is 8.32 Å². The molecule has 2 nitrogen and oxygen atoms in total. The zero-order valence-corrected chi connectivity index (χ0v) is 10.9. The molecule has 0 bridgehead atoms. The molecule has 14 heavy (non-hydrogen) atoms. The van der Waals surface area contributed by atoms with Gasteiger partial charge in [0, 0.05) is 19.2 Å². The third-order valence-electron chi connectivity index (χ3n) is 2.68. The molecule has 1 rings (SSSR count). The minimum atomic E-state index is -1.28. The van der Waals surface area contributed by atoms with Crippen LogP contribution in [0.25, 0.3) is 0 Å². The summed E-state index contributed by atoms with van der Waals surface area (Å²) in [6.07, 6.45) is 6.99. The van der Waals surface area contributed by atoms with Gasteiger partial charge >= 0.3 is 0 Å².